The Bertz CT molecular complexity index is 1190. The van der Waals surface area contributed by atoms with Crippen molar-refractivity contribution in [3.8, 4) is 11.8 Å². The number of esters is 1. The van der Waals surface area contributed by atoms with Crippen molar-refractivity contribution in [1.82, 2.24) is 0 Å². The molecule has 2 aliphatic rings. The predicted octanol–water partition coefficient (Wildman–Crippen LogP) is 3.60. The molecule has 1 aliphatic carbocycles. The van der Waals surface area contributed by atoms with E-state index in [1.54, 1.807) is 36.4 Å². The van der Waals surface area contributed by atoms with Gasteiger partial charge in [0.25, 0.3) is 0 Å². The normalized spacial score (nSPS) is 17.9. The van der Waals surface area contributed by atoms with E-state index in [0.717, 1.165) is 5.56 Å². The number of ether oxygens (including phenoxy) is 3. The number of Topliss-reactive ketones (excluding diaryl/α,β-unsaturated/α-hetero) is 1. The van der Waals surface area contributed by atoms with Crippen molar-refractivity contribution in [3.05, 3.63) is 88.0 Å². The molecule has 162 valence electrons. The van der Waals surface area contributed by atoms with Gasteiger partial charge in [-0.15, -0.1) is 0 Å². The van der Waals surface area contributed by atoms with Crippen LogP contribution in [-0.4, -0.2) is 18.9 Å². The zero-order valence-corrected chi connectivity index (χ0v) is 17.6. The van der Waals surface area contributed by atoms with E-state index >= 15 is 0 Å². The Kier molecular flexibility index (Phi) is 5.95. The third-order valence-electron chi connectivity index (χ3n) is 5.64. The topological polar surface area (TPSA) is 112 Å². The van der Waals surface area contributed by atoms with Crippen molar-refractivity contribution in [2.75, 3.05) is 7.11 Å². The Labute approximate surface area is 185 Å². The SMILES string of the molecule is COC(=O)C1=C(N)OC2=C(C(=O)CCC2)C1c1ccccc1OCc1ccccc1C#N. The van der Waals surface area contributed by atoms with Crippen LogP contribution in [0.1, 0.15) is 41.9 Å². The molecule has 2 aromatic carbocycles. The number of nitriles is 1. The molecule has 0 bridgehead atoms. The quantitative estimate of drug-likeness (QED) is 0.721. The van der Waals surface area contributed by atoms with Crippen LogP contribution >= 0.6 is 0 Å². The number of hydrogen-bond acceptors (Lipinski definition) is 7. The molecule has 0 saturated carbocycles. The molecule has 7 heteroatoms. The predicted molar refractivity (Wildman–Crippen MR) is 115 cm³/mol. The first-order valence-electron chi connectivity index (χ1n) is 10.3. The van der Waals surface area contributed by atoms with Gasteiger partial charge in [-0.3, -0.25) is 4.79 Å². The molecule has 1 atom stereocenters. The summed E-state index contributed by atoms with van der Waals surface area (Å²) in [4.78, 5) is 25.6. The number of hydrogen-bond donors (Lipinski definition) is 1. The van der Waals surface area contributed by atoms with E-state index in [2.05, 4.69) is 6.07 Å². The minimum Gasteiger partial charge on any atom is -0.489 e. The molecule has 2 N–H and O–H groups in total. The lowest BCUT2D eigenvalue weighted by Gasteiger charge is -2.32. The Morgan fingerprint density at radius 2 is 1.94 bits per heavy atom. The molecule has 1 heterocycles. The van der Waals surface area contributed by atoms with Gasteiger partial charge in [-0.2, -0.15) is 5.26 Å². The van der Waals surface area contributed by atoms with Gasteiger partial charge in [0.15, 0.2) is 5.78 Å². The number of benzene rings is 2. The first-order valence-corrected chi connectivity index (χ1v) is 10.3. The largest absolute Gasteiger partial charge is 0.489 e. The Morgan fingerprint density at radius 1 is 1.19 bits per heavy atom. The molecule has 0 saturated heterocycles. The first kappa shape index (κ1) is 21.2. The van der Waals surface area contributed by atoms with Crippen LogP contribution < -0.4 is 10.5 Å². The van der Waals surface area contributed by atoms with Crippen molar-refractivity contribution in [2.24, 2.45) is 5.73 Å². The van der Waals surface area contributed by atoms with Crippen LogP contribution in [0, 0.1) is 11.3 Å². The molecule has 0 amide bonds. The third-order valence-corrected chi connectivity index (χ3v) is 5.64. The summed E-state index contributed by atoms with van der Waals surface area (Å²) in [6.07, 6.45) is 1.59. The van der Waals surface area contributed by atoms with Gasteiger partial charge in [-0.1, -0.05) is 36.4 Å². The maximum atomic E-state index is 12.9. The first-order chi connectivity index (χ1) is 15.5. The fraction of sp³-hybridized carbons (Fsp3) is 0.240. The minimum atomic E-state index is -0.763. The van der Waals surface area contributed by atoms with E-state index < -0.39 is 11.9 Å². The van der Waals surface area contributed by atoms with Gasteiger partial charge in [-0.05, 0) is 18.6 Å². The molecule has 2 aromatic rings. The second kappa shape index (κ2) is 8.98. The van der Waals surface area contributed by atoms with Gasteiger partial charge in [0.05, 0.1) is 24.7 Å². The van der Waals surface area contributed by atoms with Gasteiger partial charge in [0, 0.05) is 29.5 Å². The standard InChI is InChI=1S/C25H22N2O5/c1-30-25(29)23-21(22-18(28)10-6-12-20(22)32-24(23)27)17-9-4-5-11-19(17)31-14-16-8-3-2-7-15(16)13-26/h2-5,7-9,11,21H,6,10,12,14,27H2,1H3. The average molecular weight is 430 g/mol. The van der Waals surface area contributed by atoms with E-state index in [0.29, 0.717) is 47.5 Å². The molecule has 0 radical (unpaired) electrons. The molecule has 1 unspecified atom stereocenters. The molecular weight excluding hydrogens is 408 g/mol. The minimum absolute atomic E-state index is 0.0695. The van der Waals surface area contributed by atoms with E-state index in [9.17, 15) is 14.9 Å². The van der Waals surface area contributed by atoms with E-state index in [-0.39, 0.29) is 23.8 Å². The Balaban J connectivity index is 1.79. The van der Waals surface area contributed by atoms with Crippen LogP contribution in [0.2, 0.25) is 0 Å². The molecule has 0 aromatic heterocycles. The second-order valence-electron chi connectivity index (χ2n) is 7.51. The molecule has 1 aliphatic heterocycles. The van der Waals surface area contributed by atoms with Crippen LogP contribution in [0.25, 0.3) is 0 Å². The smallest absolute Gasteiger partial charge is 0.340 e. The fourth-order valence-electron chi connectivity index (χ4n) is 4.14. The summed E-state index contributed by atoms with van der Waals surface area (Å²) in [7, 11) is 1.26. The van der Waals surface area contributed by atoms with Crippen molar-refractivity contribution in [2.45, 2.75) is 31.8 Å². The average Bonchev–Trinajstić information content (AvgIpc) is 2.82. The zero-order chi connectivity index (χ0) is 22.7. The van der Waals surface area contributed by atoms with Crippen molar-refractivity contribution in [3.63, 3.8) is 0 Å². The Hall–Kier alpha value is -4.05. The summed E-state index contributed by atoms with van der Waals surface area (Å²) in [5.41, 5.74) is 8.47. The monoisotopic (exact) mass is 430 g/mol. The summed E-state index contributed by atoms with van der Waals surface area (Å²) < 4.78 is 16.7. The van der Waals surface area contributed by atoms with Crippen molar-refractivity contribution in [1.29, 1.82) is 5.26 Å². The third kappa shape index (κ3) is 3.83. The number of methoxy groups -OCH3 is 1. The lowest BCUT2D eigenvalue weighted by atomic mass is 9.77. The molecule has 4 rings (SSSR count). The highest BCUT2D eigenvalue weighted by atomic mass is 16.5. The summed E-state index contributed by atoms with van der Waals surface area (Å²) in [6, 6.07) is 16.5. The van der Waals surface area contributed by atoms with E-state index in [4.69, 9.17) is 19.9 Å². The molecule has 32 heavy (non-hydrogen) atoms. The molecule has 7 nitrogen and oxygen atoms in total. The van der Waals surface area contributed by atoms with Gasteiger partial charge in [0.2, 0.25) is 5.88 Å². The van der Waals surface area contributed by atoms with E-state index in [1.165, 1.54) is 7.11 Å². The van der Waals surface area contributed by atoms with Gasteiger partial charge in [-0.25, -0.2) is 4.79 Å². The van der Waals surface area contributed by atoms with E-state index in [1.807, 2.05) is 12.1 Å². The van der Waals surface area contributed by atoms with Crippen LogP contribution in [0.3, 0.4) is 0 Å². The zero-order valence-electron chi connectivity index (χ0n) is 17.6. The number of allylic oxidation sites excluding steroid dienone is 2. The molecule has 0 fully saturated rings. The summed E-state index contributed by atoms with van der Waals surface area (Å²) in [5, 5.41) is 9.35. The molecule has 0 spiro atoms. The highest BCUT2D eigenvalue weighted by molar-refractivity contribution is 6.03. The lowest BCUT2D eigenvalue weighted by molar-refractivity contribution is -0.136. The number of nitrogens with zero attached hydrogens (tertiary/aromatic N) is 1. The van der Waals surface area contributed by atoms with Crippen molar-refractivity contribution >= 4 is 11.8 Å². The summed E-state index contributed by atoms with van der Waals surface area (Å²) in [5.74, 6) is -0.620. The Morgan fingerprint density at radius 3 is 2.72 bits per heavy atom. The number of rotatable bonds is 5. The van der Waals surface area contributed by atoms with Crippen LogP contribution in [0.5, 0.6) is 5.75 Å². The number of carbonyl (C=O) groups is 2. The number of carbonyl (C=O) groups excluding carboxylic acids is 2. The van der Waals surface area contributed by atoms with Crippen LogP contribution in [0.4, 0.5) is 0 Å². The van der Waals surface area contributed by atoms with Gasteiger partial charge < -0.3 is 19.9 Å². The van der Waals surface area contributed by atoms with Gasteiger partial charge in [0.1, 0.15) is 23.7 Å². The number of para-hydroxylation sites is 1. The highest BCUT2D eigenvalue weighted by Crippen LogP contribution is 2.46. The van der Waals surface area contributed by atoms with Gasteiger partial charge >= 0.3 is 5.97 Å². The maximum Gasteiger partial charge on any atom is 0.340 e. The highest BCUT2D eigenvalue weighted by Gasteiger charge is 2.42. The van der Waals surface area contributed by atoms with Crippen LogP contribution in [-0.2, 0) is 25.7 Å². The van der Waals surface area contributed by atoms with Crippen molar-refractivity contribution < 1.29 is 23.8 Å². The number of ketones is 1. The molecular formula is C25H22N2O5. The number of nitrogens with two attached hydrogens (primary N) is 1. The summed E-state index contributed by atoms with van der Waals surface area (Å²) >= 11 is 0. The van der Waals surface area contributed by atoms with Crippen LogP contribution in [0.15, 0.2) is 71.3 Å². The maximum absolute atomic E-state index is 12.9. The second-order valence-corrected chi connectivity index (χ2v) is 7.51. The fourth-order valence-corrected chi connectivity index (χ4v) is 4.14. The lowest BCUT2D eigenvalue weighted by Crippen LogP contribution is -2.31. The summed E-state index contributed by atoms with van der Waals surface area (Å²) in [6.45, 7) is 0.149.